The molecule has 0 spiro atoms. The Labute approximate surface area is 186 Å². The quantitative estimate of drug-likeness (QED) is 0.486. The van der Waals surface area contributed by atoms with E-state index in [1.807, 2.05) is 0 Å². The zero-order valence-corrected chi connectivity index (χ0v) is 17.7. The van der Waals surface area contributed by atoms with Crippen molar-refractivity contribution in [1.82, 2.24) is 9.29 Å². The van der Waals surface area contributed by atoms with Gasteiger partial charge >= 0.3 is 6.18 Å². The van der Waals surface area contributed by atoms with E-state index < -0.39 is 63.9 Å². The molecule has 2 atom stereocenters. The van der Waals surface area contributed by atoms with Gasteiger partial charge in [0, 0.05) is 25.4 Å². The summed E-state index contributed by atoms with van der Waals surface area (Å²) in [6, 6.07) is 4.66. The summed E-state index contributed by atoms with van der Waals surface area (Å²) < 4.78 is 83.9. The van der Waals surface area contributed by atoms with Crippen molar-refractivity contribution < 1.29 is 35.8 Å². The van der Waals surface area contributed by atoms with Crippen molar-refractivity contribution in [2.45, 2.75) is 22.8 Å². The Balaban J connectivity index is 0.00000363. The van der Waals surface area contributed by atoms with Crippen LogP contribution in [0.3, 0.4) is 0 Å². The van der Waals surface area contributed by atoms with Crippen LogP contribution in [0.25, 0.3) is 4.85 Å². The second-order valence-electron chi connectivity index (χ2n) is 6.81. The van der Waals surface area contributed by atoms with Crippen LogP contribution in [0.15, 0.2) is 41.4 Å². The molecule has 2 heterocycles. The van der Waals surface area contributed by atoms with Crippen molar-refractivity contribution in [1.29, 1.82) is 0 Å². The molecule has 0 aliphatic carbocycles. The van der Waals surface area contributed by atoms with Gasteiger partial charge in [-0.2, -0.15) is 17.5 Å². The molecular weight excluding hydrogens is 480 g/mol. The normalized spacial score (nSPS) is 21.6. The molecule has 0 bridgehead atoms. The van der Waals surface area contributed by atoms with Crippen molar-refractivity contribution in [3.05, 3.63) is 59.5 Å². The van der Waals surface area contributed by atoms with Crippen LogP contribution in [-0.2, 0) is 16.2 Å². The molecule has 1 fully saturated rings. The smallest absolute Gasteiger partial charge is 0.433 e. The van der Waals surface area contributed by atoms with E-state index in [-0.39, 0.29) is 23.8 Å². The number of benzene rings is 1. The number of hydrogen-bond donors (Lipinski definition) is 2. The topological polar surface area (TPSA) is 110 Å². The highest BCUT2D eigenvalue weighted by molar-refractivity contribution is 7.89. The third-order valence-electron chi connectivity index (χ3n) is 4.75. The summed E-state index contributed by atoms with van der Waals surface area (Å²) in [6.45, 7) is 5.54. The summed E-state index contributed by atoms with van der Waals surface area (Å²) in [5, 5.41) is 10.8. The fraction of sp³-hybridized carbons (Fsp3) is 0.333. The van der Waals surface area contributed by atoms with E-state index in [4.69, 9.17) is 17.0 Å². The molecule has 0 unspecified atom stereocenters. The number of rotatable bonds is 5. The number of pyridine rings is 1. The third kappa shape index (κ3) is 4.94. The predicted octanol–water partition coefficient (Wildman–Crippen LogP) is 2.35. The lowest BCUT2D eigenvalue weighted by atomic mass is 10.0. The summed E-state index contributed by atoms with van der Waals surface area (Å²) >= 11 is 0. The average molecular weight is 497 g/mol. The van der Waals surface area contributed by atoms with Gasteiger partial charge < -0.3 is 15.6 Å². The van der Waals surface area contributed by atoms with Crippen LogP contribution in [0.5, 0.6) is 5.75 Å². The Bertz CT molecular complexity index is 1130. The molecular formula is C18H17ClF4N4O4S. The minimum absolute atomic E-state index is 0. The number of halogens is 5. The average Bonchev–Trinajstić information content (AvgIpc) is 3.05. The lowest BCUT2D eigenvalue weighted by molar-refractivity contribution is -0.141. The van der Waals surface area contributed by atoms with Gasteiger partial charge in [-0.05, 0) is 24.3 Å². The summed E-state index contributed by atoms with van der Waals surface area (Å²) in [5.41, 5.74) is 2.25. The van der Waals surface area contributed by atoms with Gasteiger partial charge in [-0.25, -0.2) is 17.7 Å². The Hall–Kier alpha value is -2.50. The largest absolute Gasteiger partial charge is 0.486 e. The Kier molecular flexibility index (Phi) is 7.38. The van der Waals surface area contributed by atoms with Crippen LogP contribution in [0.4, 0.5) is 23.2 Å². The monoisotopic (exact) mass is 496 g/mol. The maximum absolute atomic E-state index is 13.8. The van der Waals surface area contributed by atoms with Gasteiger partial charge in [0.25, 0.3) is 0 Å². The number of β-amino-alcohol motifs (C(OH)–C–C–N with tert-alkyl or cyclic N) is 1. The van der Waals surface area contributed by atoms with Crippen LogP contribution in [0.1, 0.15) is 5.69 Å². The van der Waals surface area contributed by atoms with E-state index >= 15 is 0 Å². The van der Waals surface area contributed by atoms with Crippen LogP contribution >= 0.6 is 12.4 Å². The van der Waals surface area contributed by atoms with E-state index in [9.17, 15) is 31.1 Å². The molecule has 3 N–H and O–H groups in total. The molecule has 1 aliphatic rings. The fourth-order valence-electron chi connectivity index (χ4n) is 3.02. The molecule has 1 aromatic heterocycles. The van der Waals surface area contributed by atoms with Gasteiger partial charge in [-0.1, -0.05) is 0 Å². The highest BCUT2D eigenvalue weighted by atomic mass is 35.5. The summed E-state index contributed by atoms with van der Waals surface area (Å²) in [5.74, 6) is -0.917. The molecule has 0 saturated carbocycles. The minimum Gasteiger partial charge on any atom is -0.486 e. The van der Waals surface area contributed by atoms with Gasteiger partial charge in [0.1, 0.15) is 33.9 Å². The number of alkyl halides is 3. The minimum atomic E-state index is -4.73. The first-order valence-corrected chi connectivity index (χ1v) is 10.1. The van der Waals surface area contributed by atoms with Crippen LogP contribution in [0, 0.1) is 12.4 Å². The number of ether oxygens (including phenoxy) is 1. The Morgan fingerprint density at radius 1 is 1.34 bits per heavy atom. The lowest BCUT2D eigenvalue weighted by Gasteiger charge is -2.27. The number of aromatic nitrogens is 1. The second-order valence-corrected chi connectivity index (χ2v) is 8.75. The van der Waals surface area contributed by atoms with Gasteiger partial charge in [-0.3, -0.25) is 4.98 Å². The first-order valence-electron chi connectivity index (χ1n) is 8.70. The Morgan fingerprint density at radius 3 is 2.53 bits per heavy atom. The number of hydrogen-bond acceptors (Lipinski definition) is 6. The van der Waals surface area contributed by atoms with Crippen molar-refractivity contribution >= 4 is 28.1 Å². The summed E-state index contributed by atoms with van der Waals surface area (Å²) in [7, 11) is -4.33. The molecule has 8 nitrogen and oxygen atoms in total. The SMILES string of the molecule is Cl.[C-]#[N+]c1ccc(O[C@H]2CN(S(=O)(=O)c3ccc(C(F)(F)F)nc3)C[C@@]2(O)CN)cc1F. The van der Waals surface area contributed by atoms with Crippen molar-refractivity contribution in [3.63, 3.8) is 0 Å². The molecule has 174 valence electrons. The highest BCUT2D eigenvalue weighted by Gasteiger charge is 2.50. The number of nitrogens with two attached hydrogens (primary N) is 1. The van der Waals surface area contributed by atoms with Crippen molar-refractivity contribution in [2.75, 3.05) is 19.6 Å². The first kappa shape index (κ1) is 25.8. The second kappa shape index (κ2) is 9.16. The predicted molar refractivity (Wildman–Crippen MR) is 106 cm³/mol. The molecule has 1 aromatic carbocycles. The zero-order chi connectivity index (χ0) is 23.0. The van der Waals surface area contributed by atoms with E-state index in [1.54, 1.807) is 0 Å². The van der Waals surface area contributed by atoms with E-state index in [2.05, 4.69) is 9.83 Å². The molecule has 3 rings (SSSR count). The number of aliphatic hydroxyl groups is 1. The van der Waals surface area contributed by atoms with E-state index in [0.29, 0.717) is 12.3 Å². The molecule has 1 saturated heterocycles. The lowest BCUT2D eigenvalue weighted by Crippen LogP contribution is -2.50. The molecule has 0 amide bonds. The molecule has 2 aromatic rings. The number of sulfonamides is 1. The van der Waals surface area contributed by atoms with E-state index in [0.717, 1.165) is 22.5 Å². The molecule has 32 heavy (non-hydrogen) atoms. The third-order valence-corrected chi connectivity index (χ3v) is 6.55. The fourth-order valence-corrected chi connectivity index (χ4v) is 4.47. The summed E-state index contributed by atoms with van der Waals surface area (Å²) in [4.78, 5) is 5.61. The van der Waals surface area contributed by atoms with Crippen LogP contribution < -0.4 is 10.5 Å². The molecule has 0 radical (unpaired) electrons. The maximum Gasteiger partial charge on any atom is 0.433 e. The maximum atomic E-state index is 13.8. The van der Waals surface area contributed by atoms with E-state index in [1.165, 1.54) is 6.07 Å². The van der Waals surface area contributed by atoms with Gasteiger partial charge in [0.05, 0.1) is 13.1 Å². The molecule has 1 aliphatic heterocycles. The van der Waals surface area contributed by atoms with Crippen LogP contribution in [0.2, 0.25) is 0 Å². The highest BCUT2D eigenvalue weighted by Crippen LogP contribution is 2.33. The van der Waals surface area contributed by atoms with Gasteiger partial charge in [0.2, 0.25) is 15.7 Å². The van der Waals surface area contributed by atoms with Crippen molar-refractivity contribution in [2.24, 2.45) is 5.73 Å². The standard InChI is InChI=1S/C18H16F4N4O4S.ClH/c1-24-14-4-2-11(6-13(14)19)30-16-8-26(10-17(16,27)9-23)31(28,29)12-3-5-15(25-7-12)18(20,21)22;/h2-7,16,27H,8-10,23H2;1H/t16-,17-;/m0./s1. The van der Waals surface area contributed by atoms with Gasteiger partial charge in [-0.15, -0.1) is 12.4 Å². The van der Waals surface area contributed by atoms with Crippen molar-refractivity contribution in [3.8, 4) is 5.75 Å². The van der Waals surface area contributed by atoms with Gasteiger partial charge in [0.15, 0.2) is 0 Å². The zero-order valence-electron chi connectivity index (χ0n) is 16.1. The Morgan fingerprint density at radius 2 is 2.03 bits per heavy atom. The first-order chi connectivity index (χ1) is 14.4. The van der Waals surface area contributed by atoms with Crippen LogP contribution in [-0.4, -0.2) is 54.2 Å². The number of nitrogens with zero attached hydrogens (tertiary/aromatic N) is 3. The summed E-state index contributed by atoms with van der Waals surface area (Å²) in [6.07, 6.45) is -5.35. The molecule has 14 heteroatoms.